The number of aromatic nitrogens is 1. The van der Waals surface area contributed by atoms with Gasteiger partial charge in [-0.1, -0.05) is 12.8 Å². The molecule has 1 aliphatic carbocycles. The summed E-state index contributed by atoms with van der Waals surface area (Å²) >= 11 is 1.78. The summed E-state index contributed by atoms with van der Waals surface area (Å²) in [6.07, 6.45) is 5.12. The minimum Gasteiger partial charge on any atom is -0.481 e. The molecule has 84 valence electrons. The molecule has 0 bridgehead atoms. The van der Waals surface area contributed by atoms with Crippen LogP contribution in [0.1, 0.15) is 31.4 Å². The van der Waals surface area contributed by atoms with Crippen molar-refractivity contribution in [2.24, 2.45) is 0 Å². The van der Waals surface area contributed by atoms with Gasteiger partial charge in [-0.3, -0.25) is 0 Å². The summed E-state index contributed by atoms with van der Waals surface area (Å²) in [5.74, 6) is 0.507. The van der Waals surface area contributed by atoms with Gasteiger partial charge in [-0.05, 0) is 18.9 Å². The van der Waals surface area contributed by atoms with Crippen LogP contribution in [0.4, 0.5) is 0 Å². The number of hydrogen-bond acceptors (Lipinski definition) is 4. The van der Waals surface area contributed by atoms with E-state index in [-0.39, 0.29) is 0 Å². The number of hydrogen-bond donors (Lipinski definition) is 0. The molecule has 0 N–H and O–H groups in total. The minimum absolute atomic E-state index is 0.483. The molecular weight excluding hydrogens is 220 g/mol. The van der Waals surface area contributed by atoms with Gasteiger partial charge in [-0.25, -0.2) is 4.98 Å². The third-order valence-corrected chi connectivity index (χ3v) is 4.13. The molecular formula is C12H14N2OS. The van der Waals surface area contributed by atoms with Gasteiger partial charge in [-0.2, -0.15) is 5.26 Å². The molecule has 3 nitrogen and oxygen atoms in total. The Kier molecular flexibility index (Phi) is 3.68. The molecule has 1 aliphatic rings. The monoisotopic (exact) mass is 234 g/mol. The van der Waals surface area contributed by atoms with Gasteiger partial charge in [-0.15, -0.1) is 11.8 Å². The number of ether oxygens (including phenoxy) is 1. The predicted molar refractivity (Wildman–Crippen MR) is 63.6 cm³/mol. The van der Waals surface area contributed by atoms with Crippen molar-refractivity contribution >= 4 is 11.8 Å². The van der Waals surface area contributed by atoms with Crippen molar-refractivity contribution in [1.82, 2.24) is 4.98 Å². The number of pyridine rings is 1. The average molecular weight is 234 g/mol. The normalized spacial score (nSPS) is 16.0. The number of nitrogens with zero attached hydrogens (tertiary/aromatic N) is 2. The van der Waals surface area contributed by atoms with E-state index in [4.69, 9.17) is 10.00 Å². The molecule has 0 aromatic carbocycles. The highest BCUT2D eigenvalue weighted by Gasteiger charge is 2.18. The number of thioether (sulfide) groups is 1. The SMILES string of the molecule is COc1ccc(SC2CCCC2)c(C#N)n1. The van der Waals surface area contributed by atoms with Gasteiger partial charge in [0.1, 0.15) is 6.07 Å². The fourth-order valence-electron chi connectivity index (χ4n) is 1.90. The Hall–Kier alpha value is -1.21. The lowest BCUT2D eigenvalue weighted by molar-refractivity contribution is 0.397. The summed E-state index contributed by atoms with van der Waals surface area (Å²) in [5, 5.41) is 9.69. The summed E-state index contributed by atoms with van der Waals surface area (Å²) in [5.41, 5.74) is 0.483. The molecule has 1 fully saturated rings. The Morgan fingerprint density at radius 2 is 2.19 bits per heavy atom. The molecule has 4 heteroatoms. The van der Waals surface area contributed by atoms with Crippen molar-refractivity contribution in [1.29, 1.82) is 5.26 Å². The second-order valence-corrected chi connectivity index (χ2v) is 5.18. The summed E-state index contributed by atoms with van der Waals surface area (Å²) in [6.45, 7) is 0. The molecule has 2 rings (SSSR count). The minimum atomic E-state index is 0.483. The molecule has 16 heavy (non-hydrogen) atoms. The third-order valence-electron chi connectivity index (χ3n) is 2.74. The summed E-state index contributed by atoms with van der Waals surface area (Å²) in [4.78, 5) is 5.13. The molecule has 1 aromatic rings. The zero-order chi connectivity index (χ0) is 11.4. The molecule has 1 aromatic heterocycles. The third kappa shape index (κ3) is 2.48. The maximum absolute atomic E-state index is 9.03. The highest BCUT2D eigenvalue weighted by atomic mass is 32.2. The van der Waals surface area contributed by atoms with Crippen molar-refractivity contribution < 1.29 is 4.74 Å². The number of methoxy groups -OCH3 is 1. The molecule has 0 saturated heterocycles. The van der Waals surface area contributed by atoms with E-state index >= 15 is 0 Å². The van der Waals surface area contributed by atoms with Crippen molar-refractivity contribution in [2.75, 3.05) is 7.11 Å². The summed E-state index contributed by atoms with van der Waals surface area (Å²) < 4.78 is 5.01. The molecule has 1 saturated carbocycles. The molecule has 0 unspecified atom stereocenters. The first-order valence-electron chi connectivity index (χ1n) is 5.45. The molecule has 0 radical (unpaired) electrons. The lowest BCUT2D eigenvalue weighted by atomic mass is 10.3. The lowest BCUT2D eigenvalue weighted by Crippen LogP contribution is -1.97. The first-order valence-corrected chi connectivity index (χ1v) is 6.33. The Morgan fingerprint density at radius 1 is 1.44 bits per heavy atom. The second kappa shape index (κ2) is 5.22. The molecule has 0 spiro atoms. The van der Waals surface area contributed by atoms with E-state index in [1.807, 2.05) is 12.1 Å². The van der Waals surface area contributed by atoms with Crippen molar-refractivity contribution in [3.8, 4) is 11.9 Å². The molecule has 0 aliphatic heterocycles. The molecule has 0 atom stereocenters. The Bertz CT molecular complexity index is 408. The first-order chi connectivity index (χ1) is 7.83. The van der Waals surface area contributed by atoms with Crippen molar-refractivity contribution in [3.05, 3.63) is 17.8 Å². The average Bonchev–Trinajstić information content (AvgIpc) is 2.82. The quantitative estimate of drug-likeness (QED) is 0.806. The Morgan fingerprint density at radius 3 is 2.81 bits per heavy atom. The van der Waals surface area contributed by atoms with Crippen LogP contribution in [0.3, 0.4) is 0 Å². The van der Waals surface area contributed by atoms with Crippen LogP contribution in [-0.2, 0) is 0 Å². The van der Waals surface area contributed by atoms with Gasteiger partial charge in [0.15, 0.2) is 5.69 Å². The van der Waals surface area contributed by atoms with Gasteiger partial charge >= 0.3 is 0 Å². The fraction of sp³-hybridized carbons (Fsp3) is 0.500. The summed E-state index contributed by atoms with van der Waals surface area (Å²) in [6, 6.07) is 5.89. The van der Waals surface area contributed by atoms with Crippen LogP contribution >= 0.6 is 11.8 Å². The van der Waals surface area contributed by atoms with E-state index in [1.165, 1.54) is 25.7 Å². The van der Waals surface area contributed by atoms with Crippen LogP contribution in [0.15, 0.2) is 17.0 Å². The van der Waals surface area contributed by atoms with E-state index in [2.05, 4.69) is 11.1 Å². The maximum atomic E-state index is 9.03. The molecule has 1 heterocycles. The van der Waals surface area contributed by atoms with Crippen molar-refractivity contribution in [3.63, 3.8) is 0 Å². The van der Waals surface area contributed by atoms with E-state index < -0.39 is 0 Å². The van der Waals surface area contributed by atoms with E-state index in [0.717, 1.165) is 4.90 Å². The van der Waals surface area contributed by atoms with Gasteiger partial charge in [0.25, 0.3) is 0 Å². The zero-order valence-electron chi connectivity index (χ0n) is 9.27. The van der Waals surface area contributed by atoms with Crippen LogP contribution in [0.2, 0.25) is 0 Å². The van der Waals surface area contributed by atoms with E-state index in [0.29, 0.717) is 16.8 Å². The highest BCUT2D eigenvalue weighted by Crippen LogP contribution is 2.36. The second-order valence-electron chi connectivity index (χ2n) is 3.84. The summed E-state index contributed by atoms with van der Waals surface area (Å²) in [7, 11) is 1.56. The highest BCUT2D eigenvalue weighted by molar-refractivity contribution is 8.00. The van der Waals surface area contributed by atoms with E-state index in [1.54, 1.807) is 18.9 Å². The number of rotatable bonds is 3. The topological polar surface area (TPSA) is 45.9 Å². The molecule has 0 amide bonds. The Balaban J connectivity index is 2.16. The van der Waals surface area contributed by atoms with Gasteiger partial charge in [0.2, 0.25) is 5.88 Å². The largest absolute Gasteiger partial charge is 0.481 e. The van der Waals surface area contributed by atoms with Crippen LogP contribution in [-0.4, -0.2) is 17.3 Å². The lowest BCUT2D eigenvalue weighted by Gasteiger charge is -2.09. The van der Waals surface area contributed by atoms with Crippen molar-refractivity contribution in [2.45, 2.75) is 35.8 Å². The standard InChI is InChI=1S/C12H14N2OS/c1-15-12-7-6-11(10(8-13)14-12)16-9-4-2-3-5-9/h6-7,9H,2-5H2,1H3. The predicted octanol–water partition coefficient (Wildman–Crippen LogP) is 3.00. The van der Waals surface area contributed by atoms with Gasteiger partial charge in [0, 0.05) is 16.2 Å². The van der Waals surface area contributed by atoms with Gasteiger partial charge < -0.3 is 4.74 Å². The fourth-order valence-corrected chi connectivity index (χ4v) is 3.18. The van der Waals surface area contributed by atoms with Crippen LogP contribution < -0.4 is 4.74 Å². The van der Waals surface area contributed by atoms with Crippen LogP contribution in [0, 0.1) is 11.3 Å². The first kappa shape index (κ1) is 11.3. The zero-order valence-corrected chi connectivity index (χ0v) is 10.1. The van der Waals surface area contributed by atoms with Crippen LogP contribution in [0.5, 0.6) is 5.88 Å². The van der Waals surface area contributed by atoms with Gasteiger partial charge in [0.05, 0.1) is 7.11 Å². The maximum Gasteiger partial charge on any atom is 0.214 e. The van der Waals surface area contributed by atoms with Crippen LogP contribution in [0.25, 0.3) is 0 Å². The number of nitriles is 1. The smallest absolute Gasteiger partial charge is 0.214 e. The van der Waals surface area contributed by atoms with E-state index in [9.17, 15) is 0 Å². The Labute approximate surface area is 99.8 Å².